The quantitative estimate of drug-likeness (QED) is 0.253. The SMILES string of the molecule is COc1cc(C(=O)NC[C@](O)(c2cc3c(c(-c4ccc(F)cc4)n2)OC[C@]3(C)C(N)=O)C(F)(F)F)cc2cn(C(F)F)nc12. The Bertz CT molecular complexity index is 1780. The zero-order valence-electron chi connectivity index (χ0n) is 22.9. The number of fused-ring (bicyclic) bond motifs is 2. The number of ether oxygens (including phenoxy) is 2. The molecule has 44 heavy (non-hydrogen) atoms. The molecule has 2 amide bonds. The number of nitrogens with one attached hydrogen (secondary N) is 1. The number of carbonyl (C=O) groups excluding carboxylic acids is 2. The summed E-state index contributed by atoms with van der Waals surface area (Å²) in [6.45, 7) is -3.47. The van der Waals surface area contributed by atoms with Gasteiger partial charge < -0.3 is 25.6 Å². The average Bonchev–Trinajstić information content (AvgIpc) is 3.57. The molecule has 3 heterocycles. The van der Waals surface area contributed by atoms with E-state index >= 15 is 0 Å². The highest BCUT2D eigenvalue weighted by Gasteiger charge is 2.57. The summed E-state index contributed by atoms with van der Waals surface area (Å²) in [5.41, 5.74) is -1.43. The molecule has 2 atom stereocenters. The first-order valence-electron chi connectivity index (χ1n) is 12.8. The average molecular weight is 624 g/mol. The minimum absolute atomic E-state index is 0.0217. The molecule has 1 aliphatic rings. The van der Waals surface area contributed by atoms with Crippen LogP contribution in [0, 0.1) is 5.82 Å². The topological polar surface area (TPSA) is 142 Å². The normalized spacial score (nSPS) is 17.7. The first-order valence-corrected chi connectivity index (χ1v) is 12.8. The Balaban J connectivity index is 1.57. The number of halogens is 6. The van der Waals surface area contributed by atoms with Gasteiger partial charge in [-0.05, 0) is 49.4 Å². The van der Waals surface area contributed by atoms with E-state index in [1.807, 2.05) is 5.32 Å². The second kappa shape index (κ2) is 10.7. The molecule has 2 aromatic heterocycles. The van der Waals surface area contributed by atoms with Gasteiger partial charge in [-0.1, -0.05) is 0 Å². The van der Waals surface area contributed by atoms with Crippen molar-refractivity contribution in [2.75, 3.05) is 20.3 Å². The van der Waals surface area contributed by atoms with Gasteiger partial charge in [0.05, 0.1) is 19.3 Å². The van der Waals surface area contributed by atoms with Crippen LogP contribution in [-0.2, 0) is 15.8 Å². The number of nitrogens with zero attached hydrogens (tertiary/aromatic N) is 3. The van der Waals surface area contributed by atoms with Crippen molar-refractivity contribution in [1.29, 1.82) is 0 Å². The molecule has 232 valence electrons. The van der Waals surface area contributed by atoms with E-state index in [0.717, 1.165) is 36.5 Å². The van der Waals surface area contributed by atoms with Gasteiger partial charge in [0.1, 0.15) is 40.5 Å². The predicted molar refractivity (Wildman–Crippen MR) is 141 cm³/mol. The Morgan fingerprint density at radius 3 is 2.48 bits per heavy atom. The summed E-state index contributed by atoms with van der Waals surface area (Å²) in [7, 11) is 1.18. The Morgan fingerprint density at radius 1 is 1.20 bits per heavy atom. The fourth-order valence-electron chi connectivity index (χ4n) is 4.76. The third-order valence-corrected chi connectivity index (χ3v) is 7.40. The first-order chi connectivity index (χ1) is 20.6. The van der Waals surface area contributed by atoms with Gasteiger partial charge in [-0.3, -0.25) is 9.59 Å². The molecular weight excluding hydrogens is 600 g/mol. The molecule has 0 spiro atoms. The lowest BCUT2D eigenvalue weighted by atomic mass is 9.81. The minimum atomic E-state index is -5.44. The van der Waals surface area contributed by atoms with E-state index in [-0.39, 0.29) is 51.4 Å². The maximum absolute atomic E-state index is 14.6. The molecule has 1 aliphatic heterocycles. The van der Waals surface area contributed by atoms with Gasteiger partial charge in [0.2, 0.25) is 11.5 Å². The summed E-state index contributed by atoms with van der Waals surface area (Å²) < 4.78 is 94.8. The Labute approximate surface area is 244 Å². The standard InChI is InChI=1S/C28H23F6N5O5/c1-26(24(35)41)12-44-22-17(26)9-19(37-21(22)13-3-5-16(29)6-4-13)27(42,28(32,33)34)11-36-23(40)14-7-15-10-39(25(30)31)38-20(15)18(8-14)43-2/h3-10,25,42H,11-12H2,1-2H3,(H2,35,41)(H,36,40)/t26-,27-/m0/s1. The van der Waals surface area contributed by atoms with Crippen molar-refractivity contribution >= 4 is 22.7 Å². The number of aromatic nitrogens is 3. The zero-order valence-corrected chi connectivity index (χ0v) is 22.9. The lowest BCUT2D eigenvalue weighted by Crippen LogP contribution is -2.51. The summed E-state index contributed by atoms with van der Waals surface area (Å²) in [5, 5.41) is 16.9. The van der Waals surface area contributed by atoms with Crippen molar-refractivity contribution < 1.29 is 50.5 Å². The molecule has 10 nitrogen and oxygen atoms in total. The molecule has 0 bridgehead atoms. The van der Waals surface area contributed by atoms with Gasteiger partial charge >= 0.3 is 12.7 Å². The van der Waals surface area contributed by atoms with Crippen molar-refractivity contribution in [1.82, 2.24) is 20.1 Å². The van der Waals surface area contributed by atoms with Crippen LogP contribution in [0.25, 0.3) is 22.2 Å². The number of primary amides is 1. The second-order valence-electron chi connectivity index (χ2n) is 10.3. The van der Waals surface area contributed by atoms with Crippen LogP contribution in [0.2, 0.25) is 0 Å². The third kappa shape index (κ3) is 5.04. The van der Waals surface area contributed by atoms with Crippen molar-refractivity contribution in [3.05, 3.63) is 71.3 Å². The molecular formula is C28H23F6N5O5. The van der Waals surface area contributed by atoms with E-state index in [0.29, 0.717) is 4.68 Å². The maximum atomic E-state index is 14.6. The fraction of sp³-hybridized carbons (Fsp3) is 0.286. The third-order valence-electron chi connectivity index (χ3n) is 7.40. The highest BCUT2D eigenvalue weighted by atomic mass is 19.4. The van der Waals surface area contributed by atoms with Crippen LogP contribution in [0.3, 0.4) is 0 Å². The number of hydrogen-bond acceptors (Lipinski definition) is 7. The van der Waals surface area contributed by atoms with Crippen LogP contribution in [0.1, 0.15) is 35.1 Å². The van der Waals surface area contributed by atoms with E-state index in [9.17, 15) is 41.0 Å². The van der Waals surface area contributed by atoms with Crippen molar-refractivity contribution in [3.63, 3.8) is 0 Å². The highest BCUT2D eigenvalue weighted by Crippen LogP contribution is 2.47. The van der Waals surface area contributed by atoms with Crippen molar-refractivity contribution in [2.24, 2.45) is 5.73 Å². The van der Waals surface area contributed by atoms with E-state index in [1.165, 1.54) is 26.2 Å². The Morgan fingerprint density at radius 2 is 1.89 bits per heavy atom. The highest BCUT2D eigenvalue weighted by molar-refractivity contribution is 6.00. The molecule has 0 saturated heterocycles. The molecule has 0 unspecified atom stereocenters. The second-order valence-corrected chi connectivity index (χ2v) is 10.3. The molecule has 4 N–H and O–H groups in total. The number of alkyl halides is 5. The fourth-order valence-corrected chi connectivity index (χ4v) is 4.76. The molecule has 5 rings (SSSR count). The number of amides is 2. The molecule has 0 saturated carbocycles. The molecule has 0 aliphatic carbocycles. The molecule has 0 fully saturated rings. The van der Waals surface area contributed by atoms with Gasteiger partial charge in [0.15, 0.2) is 0 Å². The maximum Gasteiger partial charge on any atom is 0.424 e. The minimum Gasteiger partial charge on any atom is -0.494 e. The summed E-state index contributed by atoms with van der Waals surface area (Å²) >= 11 is 0. The Kier molecular flexibility index (Phi) is 7.44. The van der Waals surface area contributed by atoms with Crippen LogP contribution in [0.15, 0.2) is 48.7 Å². The largest absolute Gasteiger partial charge is 0.494 e. The molecule has 2 aromatic carbocycles. The monoisotopic (exact) mass is 623 g/mol. The molecule has 16 heteroatoms. The number of methoxy groups -OCH3 is 1. The van der Waals surface area contributed by atoms with E-state index in [2.05, 4.69) is 10.1 Å². The molecule has 0 radical (unpaired) electrons. The number of nitrogens with two attached hydrogens (primary N) is 1. The number of carbonyl (C=O) groups is 2. The van der Waals surface area contributed by atoms with E-state index in [4.69, 9.17) is 15.2 Å². The van der Waals surface area contributed by atoms with Gasteiger partial charge in [0.25, 0.3) is 5.91 Å². The number of pyridine rings is 1. The number of aliphatic hydroxyl groups is 1. The van der Waals surface area contributed by atoms with E-state index in [1.54, 1.807) is 0 Å². The van der Waals surface area contributed by atoms with Crippen LogP contribution in [-0.4, -0.2) is 58.1 Å². The molecule has 4 aromatic rings. The van der Waals surface area contributed by atoms with Gasteiger partial charge in [-0.25, -0.2) is 14.1 Å². The zero-order chi connectivity index (χ0) is 32.2. The first kappa shape index (κ1) is 30.6. The number of hydrogen-bond donors (Lipinski definition) is 3. The van der Waals surface area contributed by atoms with E-state index < -0.39 is 53.6 Å². The van der Waals surface area contributed by atoms with Crippen molar-refractivity contribution in [3.8, 4) is 22.8 Å². The smallest absolute Gasteiger partial charge is 0.424 e. The summed E-state index contributed by atoms with van der Waals surface area (Å²) in [4.78, 5) is 29.4. The summed E-state index contributed by atoms with van der Waals surface area (Å²) in [5.74, 6) is -2.88. The lowest BCUT2D eigenvalue weighted by molar-refractivity contribution is -0.265. The number of benzene rings is 2. The van der Waals surface area contributed by atoms with Gasteiger partial charge in [0, 0.05) is 28.3 Å². The lowest BCUT2D eigenvalue weighted by Gasteiger charge is -2.31. The summed E-state index contributed by atoms with van der Waals surface area (Å²) in [6.07, 6.45) is -4.52. The van der Waals surface area contributed by atoms with Crippen LogP contribution < -0.4 is 20.5 Å². The van der Waals surface area contributed by atoms with Crippen LogP contribution in [0.4, 0.5) is 26.3 Å². The Hall–Kier alpha value is -4.86. The van der Waals surface area contributed by atoms with Crippen LogP contribution in [0.5, 0.6) is 11.5 Å². The van der Waals surface area contributed by atoms with Crippen LogP contribution >= 0.6 is 0 Å². The van der Waals surface area contributed by atoms with Crippen molar-refractivity contribution in [2.45, 2.75) is 30.7 Å². The van der Waals surface area contributed by atoms with Gasteiger partial charge in [-0.15, -0.1) is 0 Å². The number of rotatable bonds is 8. The van der Waals surface area contributed by atoms with Gasteiger partial charge in [-0.2, -0.15) is 27.1 Å². The summed E-state index contributed by atoms with van der Waals surface area (Å²) in [6, 6.07) is 7.53. The predicted octanol–water partition coefficient (Wildman–Crippen LogP) is 3.96.